The van der Waals surface area contributed by atoms with Crippen molar-refractivity contribution in [2.45, 2.75) is 6.54 Å². The molecule has 0 bridgehead atoms. The molecule has 188 valence electrons. The maximum Gasteiger partial charge on any atom is 0.352 e. The number of halogens is 1. The Balaban J connectivity index is 1.29. The second-order valence-electron chi connectivity index (χ2n) is 8.51. The van der Waals surface area contributed by atoms with Crippen molar-refractivity contribution in [2.24, 2.45) is 0 Å². The Morgan fingerprint density at radius 3 is 2.63 bits per heavy atom. The van der Waals surface area contributed by atoms with E-state index in [0.29, 0.717) is 22.1 Å². The maximum atomic E-state index is 12.9. The average molecular weight is 569 g/mol. The van der Waals surface area contributed by atoms with Crippen molar-refractivity contribution in [1.82, 2.24) is 20.6 Å². The van der Waals surface area contributed by atoms with Gasteiger partial charge in [0.15, 0.2) is 0 Å². The van der Waals surface area contributed by atoms with E-state index >= 15 is 0 Å². The smallest absolute Gasteiger partial charge is 0.352 e. The highest BCUT2D eigenvalue weighted by Gasteiger charge is 2.18. The van der Waals surface area contributed by atoms with E-state index in [1.165, 1.54) is 30.5 Å². The van der Waals surface area contributed by atoms with Gasteiger partial charge in [0.05, 0.1) is 11.1 Å². The quantitative estimate of drug-likeness (QED) is 0.199. The first-order valence-corrected chi connectivity index (χ1v) is 12.4. The highest BCUT2D eigenvalue weighted by Crippen LogP contribution is 2.21. The summed E-state index contributed by atoms with van der Waals surface area (Å²) >= 11 is 3.34. The van der Waals surface area contributed by atoms with E-state index in [0.717, 1.165) is 27.4 Å². The van der Waals surface area contributed by atoms with Gasteiger partial charge in [-0.25, -0.2) is 4.79 Å². The van der Waals surface area contributed by atoms with Crippen LogP contribution in [-0.4, -0.2) is 32.9 Å². The molecule has 3 aromatic carbocycles. The molecule has 5 aromatic rings. The van der Waals surface area contributed by atoms with Crippen molar-refractivity contribution in [3.63, 3.8) is 0 Å². The van der Waals surface area contributed by atoms with E-state index in [4.69, 9.17) is 0 Å². The lowest BCUT2D eigenvalue weighted by Crippen LogP contribution is -2.28. The van der Waals surface area contributed by atoms with Gasteiger partial charge in [0.1, 0.15) is 5.70 Å². The van der Waals surface area contributed by atoms with Crippen LogP contribution >= 0.6 is 15.9 Å². The molecule has 0 unspecified atom stereocenters. The Hall–Kier alpha value is -4.76. The van der Waals surface area contributed by atoms with Crippen LogP contribution in [0.3, 0.4) is 0 Å². The van der Waals surface area contributed by atoms with Gasteiger partial charge in [-0.1, -0.05) is 30.3 Å². The van der Waals surface area contributed by atoms with Crippen molar-refractivity contribution in [3.8, 4) is 0 Å². The maximum absolute atomic E-state index is 12.9. The molecule has 0 radical (unpaired) electrons. The first-order chi connectivity index (χ1) is 18.4. The number of amides is 2. The minimum absolute atomic E-state index is 0.183. The summed E-state index contributed by atoms with van der Waals surface area (Å²) in [4.78, 5) is 45.0. The van der Waals surface area contributed by atoms with Crippen molar-refractivity contribution in [3.05, 3.63) is 118 Å². The van der Waals surface area contributed by atoms with E-state index in [1.807, 2.05) is 54.7 Å². The van der Waals surface area contributed by atoms with Crippen LogP contribution in [0.2, 0.25) is 0 Å². The number of H-pyrrole nitrogens is 1. The Kier molecular flexibility index (Phi) is 7.01. The summed E-state index contributed by atoms with van der Waals surface area (Å²) in [5.41, 5.74) is 3.50. The van der Waals surface area contributed by atoms with Gasteiger partial charge in [-0.3, -0.25) is 14.6 Å². The van der Waals surface area contributed by atoms with E-state index < -0.39 is 11.9 Å². The molecule has 4 N–H and O–H groups in total. The molecular weight excluding hydrogens is 548 g/mol. The molecule has 2 heterocycles. The van der Waals surface area contributed by atoms with E-state index in [1.54, 1.807) is 6.07 Å². The average Bonchev–Trinajstić information content (AvgIpc) is 3.40. The lowest BCUT2D eigenvalue weighted by Gasteiger charge is -2.10. The van der Waals surface area contributed by atoms with Crippen LogP contribution in [0.15, 0.2) is 95.4 Å². The van der Waals surface area contributed by atoms with Gasteiger partial charge >= 0.3 is 5.97 Å². The number of nitrogens with one attached hydrogen (secondary N) is 3. The number of carboxylic acids is 1. The number of fused-ring (bicyclic) bond motifs is 2. The number of aromatic amines is 1. The Morgan fingerprint density at radius 1 is 0.974 bits per heavy atom. The van der Waals surface area contributed by atoms with Crippen LogP contribution in [-0.2, 0) is 11.3 Å². The number of para-hydroxylation sites is 1. The SMILES string of the molecule is O=C(O)/C(=C/c1cnc2ccccc2c1)NC(=O)c1ccc(C(=O)NCc2cccc3[nH]ccc23)cc1Br. The zero-order valence-electron chi connectivity index (χ0n) is 19.9. The van der Waals surface area contributed by atoms with Gasteiger partial charge in [0.25, 0.3) is 11.8 Å². The van der Waals surface area contributed by atoms with Crippen LogP contribution < -0.4 is 10.6 Å². The van der Waals surface area contributed by atoms with Crippen LogP contribution in [0.4, 0.5) is 0 Å². The molecule has 0 fully saturated rings. The molecule has 0 saturated carbocycles. The van der Waals surface area contributed by atoms with Crippen molar-refractivity contribution >= 4 is 61.6 Å². The minimum Gasteiger partial charge on any atom is -0.477 e. The summed E-state index contributed by atoms with van der Waals surface area (Å²) in [6, 6.07) is 21.5. The molecular formula is C29H21BrN4O4. The Bertz CT molecular complexity index is 1740. The van der Waals surface area contributed by atoms with Crippen LogP contribution in [0, 0.1) is 0 Å². The molecule has 2 aromatic heterocycles. The fourth-order valence-corrected chi connectivity index (χ4v) is 4.66. The first kappa shape index (κ1) is 24.9. The fraction of sp³-hybridized carbons (Fsp3) is 0.0345. The molecule has 38 heavy (non-hydrogen) atoms. The van der Waals surface area contributed by atoms with Gasteiger partial charge < -0.3 is 20.7 Å². The number of aromatic nitrogens is 2. The number of hydrogen-bond donors (Lipinski definition) is 4. The van der Waals surface area contributed by atoms with Gasteiger partial charge in [0.2, 0.25) is 0 Å². The van der Waals surface area contributed by atoms with Gasteiger partial charge in [-0.05, 0) is 75.6 Å². The van der Waals surface area contributed by atoms with Crippen molar-refractivity contribution < 1.29 is 19.5 Å². The Morgan fingerprint density at radius 2 is 1.82 bits per heavy atom. The topological polar surface area (TPSA) is 124 Å². The van der Waals surface area contributed by atoms with E-state index in [2.05, 4.69) is 36.5 Å². The highest BCUT2D eigenvalue weighted by molar-refractivity contribution is 9.10. The molecule has 0 spiro atoms. The number of benzene rings is 3. The molecule has 8 nitrogen and oxygen atoms in total. The number of carboxylic acid groups (broad SMARTS) is 1. The third-order valence-electron chi connectivity index (χ3n) is 6.00. The monoisotopic (exact) mass is 568 g/mol. The van der Waals surface area contributed by atoms with Crippen molar-refractivity contribution in [2.75, 3.05) is 0 Å². The molecule has 5 rings (SSSR count). The number of carbonyl (C=O) groups excluding carboxylic acids is 2. The first-order valence-electron chi connectivity index (χ1n) is 11.6. The lowest BCUT2D eigenvalue weighted by molar-refractivity contribution is -0.132. The van der Waals surface area contributed by atoms with Crippen molar-refractivity contribution in [1.29, 1.82) is 0 Å². The fourth-order valence-electron chi connectivity index (χ4n) is 4.10. The normalized spacial score (nSPS) is 11.4. The van der Waals surface area contributed by atoms with E-state index in [-0.39, 0.29) is 17.2 Å². The zero-order valence-corrected chi connectivity index (χ0v) is 21.5. The van der Waals surface area contributed by atoms with Gasteiger partial charge in [-0.2, -0.15) is 0 Å². The predicted molar refractivity (Wildman–Crippen MR) is 148 cm³/mol. The molecule has 0 saturated heterocycles. The summed E-state index contributed by atoms with van der Waals surface area (Å²) in [5, 5.41) is 16.9. The third-order valence-corrected chi connectivity index (χ3v) is 6.66. The number of aliphatic carboxylic acids is 1. The van der Waals surface area contributed by atoms with E-state index in [9.17, 15) is 19.5 Å². The number of carbonyl (C=O) groups is 3. The summed E-state index contributed by atoms with van der Waals surface area (Å²) < 4.78 is 0.354. The molecule has 9 heteroatoms. The largest absolute Gasteiger partial charge is 0.477 e. The predicted octanol–water partition coefficient (Wildman–Crippen LogP) is 5.26. The molecule has 2 amide bonds. The molecule has 0 aliphatic rings. The summed E-state index contributed by atoms with van der Waals surface area (Å²) in [6.45, 7) is 0.338. The van der Waals surface area contributed by atoms with Gasteiger partial charge in [0, 0.05) is 45.3 Å². The number of hydrogen-bond acceptors (Lipinski definition) is 4. The van der Waals surface area contributed by atoms with Crippen LogP contribution in [0.1, 0.15) is 31.8 Å². The number of pyridine rings is 1. The van der Waals surface area contributed by atoms with Crippen LogP contribution in [0.5, 0.6) is 0 Å². The second-order valence-corrected chi connectivity index (χ2v) is 9.37. The summed E-state index contributed by atoms with van der Waals surface area (Å²) in [7, 11) is 0. The van der Waals surface area contributed by atoms with Crippen LogP contribution in [0.25, 0.3) is 27.9 Å². The van der Waals surface area contributed by atoms with Gasteiger partial charge in [-0.15, -0.1) is 0 Å². The molecule has 0 aliphatic heterocycles. The molecule has 0 aliphatic carbocycles. The lowest BCUT2D eigenvalue weighted by atomic mass is 10.1. The second kappa shape index (κ2) is 10.7. The summed E-state index contributed by atoms with van der Waals surface area (Å²) in [6.07, 6.45) is 4.73. The number of nitrogens with zero attached hydrogens (tertiary/aromatic N) is 1. The zero-order chi connectivity index (χ0) is 26.6. The third kappa shape index (κ3) is 5.33. The molecule has 0 atom stereocenters. The Labute approximate surface area is 225 Å². The standard InChI is InChI=1S/C29H21BrN4O4/c30-23-14-19(27(35)33-16-20-5-3-7-25-21(20)10-11-31-25)8-9-22(23)28(36)34-26(29(37)38)13-17-12-18-4-1-2-6-24(18)32-15-17/h1-15,31H,16H2,(H,33,35)(H,34,36)(H,37,38)/b26-13-. The number of rotatable bonds is 7. The minimum atomic E-state index is -1.30. The summed E-state index contributed by atoms with van der Waals surface area (Å²) in [5.74, 6) is -2.23. The highest BCUT2D eigenvalue weighted by atomic mass is 79.9.